The van der Waals surface area contributed by atoms with E-state index in [9.17, 15) is 27.9 Å². The minimum absolute atomic E-state index is 0.100. The number of hydrogen-bond donors (Lipinski definition) is 2. The molecule has 1 aliphatic rings. The number of hydrogen-bond acceptors (Lipinski definition) is 5. The molecular formula is C24H24F3N3O4. The summed E-state index contributed by atoms with van der Waals surface area (Å²) in [6.45, 7) is -0.178. The van der Waals surface area contributed by atoms with Crippen molar-refractivity contribution in [1.29, 1.82) is 0 Å². The number of amides is 1. The fourth-order valence-electron chi connectivity index (χ4n) is 4.44. The van der Waals surface area contributed by atoms with Crippen LogP contribution in [-0.4, -0.2) is 33.6 Å². The number of carbonyl (C=O) groups is 2. The molecule has 0 saturated heterocycles. The summed E-state index contributed by atoms with van der Waals surface area (Å²) in [4.78, 5) is 29.3. The lowest BCUT2D eigenvalue weighted by Crippen LogP contribution is -2.26. The highest BCUT2D eigenvalue weighted by atomic mass is 19.4. The average Bonchev–Trinajstić information content (AvgIpc) is 3.19. The number of fused-ring (bicyclic) bond motifs is 1. The lowest BCUT2D eigenvalue weighted by molar-refractivity contribution is -0.146. The number of esters is 1. The highest BCUT2D eigenvalue weighted by Gasteiger charge is 2.32. The molecule has 2 aromatic carbocycles. The van der Waals surface area contributed by atoms with Gasteiger partial charge in [0.2, 0.25) is 5.95 Å². The molecular weight excluding hydrogens is 451 g/mol. The maximum absolute atomic E-state index is 13.1. The van der Waals surface area contributed by atoms with Crippen molar-refractivity contribution in [2.24, 2.45) is 5.92 Å². The van der Waals surface area contributed by atoms with Crippen molar-refractivity contribution < 1.29 is 32.6 Å². The quantitative estimate of drug-likeness (QED) is 0.522. The van der Waals surface area contributed by atoms with E-state index in [1.54, 1.807) is 18.2 Å². The van der Waals surface area contributed by atoms with E-state index in [0.717, 1.165) is 12.1 Å². The number of aromatic nitrogens is 2. The van der Waals surface area contributed by atoms with Crippen LogP contribution in [0.4, 0.5) is 19.1 Å². The van der Waals surface area contributed by atoms with E-state index in [2.05, 4.69) is 10.3 Å². The van der Waals surface area contributed by atoms with Gasteiger partial charge in [-0.25, -0.2) is 4.98 Å². The van der Waals surface area contributed by atoms with Crippen molar-refractivity contribution in [1.82, 2.24) is 9.55 Å². The zero-order valence-corrected chi connectivity index (χ0v) is 18.4. The van der Waals surface area contributed by atoms with Crippen molar-refractivity contribution in [3.8, 4) is 0 Å². The molecule has 0 radical (unpaired) electrons. The van der Waals surface area contributed by atoms with E-state index in [-0.39, 0.29) is 36.0 Å². The normalized spacial score (nSPS) is 18.6. The predicted molar refractivity (Wildman–Crippen MR) is 118 cm³/mol. The molecule has 0 spiro atoms. The highest BCUT2D eigenvalue weighted by molar-refractivity contribution is 6.04. The van der Waals surface area contributed by atoms with Crippen LogP contribution in [0.3, 0.4) is 0 Å². The number of methoxy groups -OCH3 is 1. The molecule has 180 valence electrons. The number of nitrogens with zero attached hydrogens (tertiary/aromatic N) is 2. The van der Waals surface area contributed by atoms with Crippen LogP contribution < -0.4 is 5.32 Å². The number of imidazole rings is 1. The van der Waals surface area contributed by atoms with Crippen LogP contribution in [0.2, 0.25) is 0 Å². The van der Waals surface area contributed by atoms with E-state index in [1.807, 2.05) is 4.57 Å². The van der Waals surface area contributed by atoms with E-state index < -0.39 is 17.6 Å². The van der Waals surface area contributed by atoms with Crippen LogP contribution in [0, 0.1) is 5.92 Å². The Bertz CT molecular complexity index is 1210. The van der Waals surface area contributed by atoms with Gasteiger partial charge in [0.25, 0.3) is 5.91 Å². The number of alkyl halides is 3. The second-order valence-corrected chi connectivity index (χ2v) is 8.35. The Labute approximate surface area is 193 Å². The molecule has 7 nitrogen and oxygen atoms in total. The van der Waals surface area contributed by atoms with Crippen LogP contribution in [-0.2, 0) is 22.3 Å². The lowest BCUT2D eigenvalue weighted by Gasteiger charge is -2.29. The summed E-state index contributed by atoms with van der Waals surface area (Å²) in [6.07, 6.45) is -2.13. The third-order valence-electron chi connectivity index (χ3n) is 6.21. The van der Waals surface area contributed by atoms with Gasteiger partial charge < -0.3 is 14.4 Å². The molecule has 4 rings (SSSR count). The summed E-state index contributed by atoms with van der Waals surface area (Å²) in [7, 11) is 1.36. The van der Waals surface area contributed by atoms with Gasteiger partial charge in [0, 0.05) is 11.6 Å². The molecule has 0 bridgehead atoms. The van der Waals surface area contributed by atoms with Crippen LogP contribution >= 0.6 is 0 Å². The van der Waals surface area contributed by atoms with Crippen molar-refractivity contribution in [3.05, 3.63) is 59.2 Å². The number of aliphatic hydroxyl groups excluding tert-OH is 1. The number of anilines is 1. The zero-order valence-electron chi connectivity index (χ0n) is 18.4. The van der Waals surface area contributed by atoms with Crippen molar-refractivity contribution >= 4 is 28.9 Å². The SMILES string of the molecule is COC(=O)C1CCC(n2c(NC(=O)c3cccc(C(F)(F)F)c3)nc3ccc(CO)cc32)CC1. The Balaban J connectivity index is 1.68. The van der Waals surface area contributed by atoms with E-state index in [1.165, 1.54) is 19.2 Å². The highest BCUT2D eigenvalue weighted by Crippen LogP contribution is 2.37. The van der Waals surface area contributed by atoms with Gasteiger partial charge in [0.15, 0.2) is 0 Å². The molecule has 1 amide bonds. The summed E-state index contributed by atoms with van der Waals surface area (Å²) in [5.74, 6) is -0.968. The number of benzene rings is 2. The van der Waals surface area contributed by atoms with Crippen LogP contribution in [0.1, 0.15) is 53.2 Å². The number of aliphatic hydroxyl groups is 1. The van der Waals surface area contributed by atoms with Crippen LogP contribution in [0.5, 0.6) is 0 Å². The van der Waals surface area contributed by atoms with Gasteiger partial charge in [-0.15, -0.1) is 0 Å². The molecule has 10 heteroatoms. The first-order valence-corrected chi connectivity index (χ1v) is 10.9. The molecule has 1 fully saturated rings. The standard InChI is InChI=1S/C24H24F3N3O4/c1-34-22(33)15-6-8-18(9-7-15)30-20-11-14(13-31)5-10-19(20)28-23(30)29-21(32)16-3-2-4-17(12-16)24(25,26)27/h2-5,10-12,15,18,31H,6-9,13H2,1H3,(H,28,29,32). The number of ether oxygens (including phenoxy) is 1. The summed E-state index contributed by atoms with van der Waals surface area (Å²) in [5, 5.41) is 12.2. The van der Waals surface area contributed by atoms with Gasteiger partial charge in [-0.2, -0.15) is 13.2 Å². The molecule has 1 saturated carbocycles. The molecule has 3 aromatic rings. The number of nitrogens with one attached hydrogen (secondary N) is 1. The van der Waals surface area contributed by atoms with Crippen molar-refractivity contribution in [2.75, 3.05) is 12.4 Å². The number of halogens is 3. The van der Waals surface area contributed by atoms with E-state index in [4.69, 9.17) is 4.74 Å². The van der Waals surface area contributed by atoms with Gasteiger partial charge in [-0.05, 0) is 61.6 Å². The summed E-state index contributed by atoms with van der Waals surface area (Å²) < 4.78 is 46.0. The van der Waals surface area contributed by atoms with Crippen LogP contribution in [0.15, 0.2) is 42.5 Å². The minimum Gasteiger partial charge on any atom is -0.469 e. The first kappa shape index (κ1) is 23.7. The maximum Gasteiger partial charge on any atom is 0.416 e. The molecule has 0 aliphatic heterocycles. The lowest BCUT2D eigenvalue weighted by atomic mass is 9.86. The first-order valence-electron chi connectivity index (χ1n) is 10.9. The molecule has 2 N–H and O–H groups in total. The molecule has 0 atom stereocenters. The Morgan fingerprint density at radius 3 is 2.53 bits per heavy atom. The summed E-state index contributed by atoms with van der Waals surface area (Å²) >= 11 is 0. The fourth-order valence-corrected chi connectivity index (χ4v) is 4.44. The Morgan fingerprint density at radius 1 is 1.15 bits per heavy atom. The predicted octanol–water partition coefficient (Wildman–Crippen LogP) is 4.70. The monoisotopic (exact) mass is 475 g/mol. The molecule has 0 unspecified atom stereocenters. The smallest absolute Gasteiger partial charge is 0.416 e. The van der Waals surface area contributed by atoms with Gasteiger partial charge >= 0.3 is 12.1 Å². The van der Waals surface area contributed by atoms with Gasteiger partial charge in [0.05, 0.1) is 36.2 Å². The average molecular weight is 475 g/mol. The first-order chi connectivity index (χ1) is 16.2. The molecule has 1 aromatic heterocycles. The Morgan fingerprint density at radius 2 is 1.88 bits per heavy atom. The third-order valence-corrected chi connectivity index (χ3v) is 6.21. The van der Waals surface area contributed by atoms with E-state index >= 15 is 0 Å². The van der Waals surface area contributed by atoms with Gasteiger partial charge in [-0.3, -0.25) is 14.9 Å². The van der Waals surface area contributed by atoms with Crippen molar-refractivity contribution in [3.63, 3.8) is 0 Å². The zero-order chi connectivity index (χ0) is 24.5. The van der Waals surface area contributed by atoms with Crippen molar-refractivity contribution in [2.45, 2.75) is 44.5 Å². The third kappa shape index (κ3) is 4.77. The van der Waals surface area contributed by atoms with Crippen LogP contribution in [0.25, 0.3) is 11.0 Å². The van der Waals surface area contributed by atoms with Gasteiger partial charge in [-0.1, -0.05) is 12.1 Å². The second-order valence-electron chi connectivity index (χ2n) is 8.35. The second kappa shape index (κ2) is 9.46. The largest absolute Gasteiger partial charge is 0.469 e. The molecule has 1 heterocycles. The number of carbonyl (C=O) groups excluding carboxylic acids is 2. The summed E-state index contributed by atoms with van der Waals surface area (Å²) in [5.41, 5.74) is 0.868. The Hall–Kier alpha value is -3.40. The fraction of sp³-hybridized carbons (Fsp3) is 0.375. The summed E-state index contributed by atoms with van der Waals surface area (Å²) in [6, 6.07) is 9.30. The maximum atomic E-state index is 13.1. The minimum atomic E-state index is -4.57. The van der Waals surface area contributed by atoms with Gasteiger partial charge in [0.1, 0.15) is 0 Å². The molecule has 34 heavy (non-hydrogen) atoms. The Kier molecular flexibility index (Phi) is 6.60. The number of rotatable bonds is 5. The van der Waals surface area contributed by atoms with E-state index in [0.29, 0.717) is 42.3 Å². The topological polar surface area (TPSA) is 93.5 Å². The molecule has 1 aliphatic carbocycles.